The van der Waals surface area contributed by atoms with Crippen LogP contribution < -0.4 is 4.90 Å². The van der Waals surface area contributed by atoms with Crippen molar-refractivity contribution in [3.05, 3.63) is 24.5 Å². The zero-order valence-electron chi connectivity index (χ0n) is 9.25. The molecule has 1 aromatic heterocycles. The van der Waals surface area contributed by atoms with Crippen molar-refractivity contribution in [3.63, 3.8) is 0 Å². The summed E-state index contributed by atoms with van der Waals surface area (Å²) in [4.78, 5) is 27.6. The first-order chi connectivity index (χ1) is 7.52. The van der Waals surface area contributed by atoms with Crippen LogP contribution in [0.4, 0.5) is 5.69 Å². The van der Waals surface area contributed by atoms with Crippen molar-refractivity contribution in [1.29, 1.82) is 0 Å². The zero-order chi connectivity index (χ0) is 12.1. The number of carbonyl (C=O) groups excluding carboxylic acids is 1. The Labute approximate surface area is 93.7 Å². The molecule has 1 atom stereocenters. The quantitative estimate of drug-likeness (QED) is 0.829. The van der Waals surface area contributed by atoms with E-state index in [4.69, 9.17) is 5.11 Å². The second-order valence-corrected chi connectivity index (χ2v) is 3.60. The third-order valence-corrected chi connectivity index (χ3v) is 2.33. The molecule has 0 aliphatic carbocycles. The van der Waals surface area contributed by atoms with E-state index in [0.29, 0.717) is 5.69 Å². The molecule has 1 unspecified atom stereocenters. The van der Waals surface area contributed by atoms with Crippen LogP contribution in [0.1, 0.15) is 13.3 Å². The maximum Gasteiger partial charge on any atom is 0.306 e. The van der Waals surface area contributed by atoms with Gasteiger partial charge in [0.25, 0.3) is 0 Å². The van der Waals surface area contributed by atoms with Gasteiger partial charge in [0.15, 0.2) is 0 Å². The van der Waals surface area contributed by atoms with Gasteiger partial charge < -0.3 is 10.0 Å². The van der Waals surface area contributed by atoms with E-state index < -0.39 is 11.9 Å². The van der Waals surface area contributed by atoms with Crippen molar-refractivity contribution in [2.45, 2.75) is 13.3 Å². The van der Waals surface area contributed by atoms with Gasteiger partial charge in [0, 0.05) is 31.5 Å². The van der Waals surface area contributed by atoms with E-state index in [1.165, 1.54) is 11.8 Å². The number of aromatic nitrogens is 1. The van der Waals surface area contributed by atoms with Crippen LogP contribution in [-0.2, 0) is 9.59 Å². The number of rotatable bonds is 4. The summed E-state index contributed by atoms with van der Waals surface area (Å²) in [5, 5.41) is 8.70. The first-order valence-electron chi connectivity index (χ1n) is 4.91. The molecule has 0 aromatic carbocycles. The Bertz CT molecular complexity index is 378. The molecule has 0 aliphatic rings. The Kier molecular flexibility index (Phi) is 3.99. The molecule has 0 saturated carbocycles. The highest BCUT2D eigenvalue weighted by molar-refractivity contribution is 5.94. The number of hydrogen-bond donors (Lipinski definition) is 1. The lowest BCUT2D eigenvalue weighted by Crippen LogP contribution is -2.29. The Balaban J connectivity index is 2.65. The van der Waals surface area contributed by atoms with Crippen LogP contribution in [0.25, 0.3) is 0 Å². The number of hydrogen-bond acceptors (Lipinski definition) is 3. The Morgan fingerprint density at radius 3 is 2.50 bits per heavy atom. The van der Waals surface area contributed by atoms with Crippen molar-refractivity contribution in [1.82, 2.24) is 4.98 Å². The summed E-state index contributed by atoms with van der Waals surface area (Å²) in [5.41, 5.74) is 0.706. The van der Waals surface area contributed by atoms with Gasteiger partial charge >= 0.3 is 5.97 Å². The van der Waals surface area contributed by atoms with Crippen LogP contribution in [0.2, 0.25) is 0 Å². The summed E-state index contributed by atoms with van der Waals surface area (Å²) in [5.74, 6) is -1.85. The molecule has 0 bridgehead atoms. The summed E-state index contributed by atoms with van der Waals surface area (Å²) in [7, 11) is 1.62. The highest BCUT2D eigenvalue weighted by Crippen LogP contribution is 2.13. The van der Waals surface area contributed by atoms with Gasteiger partial charge in [0.05, 0.1) is 5.92 Å². The van der Waals surface area contributed by atoms with Gasteiger partial charge in [-0.3, -0.25) is 14.6 Å². The topological polar surface area (TPSA) is 70.5 Å². The number of carbonyl (C=O) groups is 2. The summed E-state index contributed by atoms with van der Waals surface area (Å²) in [6.45, 7) is 1.51. The van der Waals surface area contributed by atoms with Crippen LogP contribution in [-0.4, -0.2) is 29.0 Å². The van der Waals surface area contributed by atoms with Crippen molar-refractivity contribution < 1.29 is 14.7 Å². The first kappa shape index (κ1) is 12.2. The van der Waals surface area contributed by atoms with Gasteiger partial charge in [-0.25, -0.2) is 0 Å². The number of amides is 1. The maximum atomic E-state index is 11.7. The van der Waals surface area contributed by atoms with Gasteiger partial charge in [-0.05, 0) is 12.1 Å². The lowest BCUT2D eigenvalue weighted by molar-refractivity contribution is -0.143. The fraction of sp³-hybridized carbons (Fsp3) is 0.364. The van der Waals surface area contributed by atoms with Crippen molar-refractivity contribution in [2.24, 2.45) is 5.92 Å². The largest absolute Gasteiger partial charge is 0.481 e. The molecule has 5 heteroatoms. The number of pyridine rings is 1. The van der Waals surface area contributed by atoms with Gasteiger partial charge in [0.2, 0.25) is 5.91 Å². The van der Waals surface area contributed by atoms with Crippen molar-refractivity contribution >= 4 is 17.6 Å². The van der Waals surface area contributed by atoms with E-state index in [0.717, 1.165) is 0 Å². The molecule has 0 fully saturated rings. The number of nitrogens with zero attached hydrogens (tertiary/aromatic N) is 2. The van der Waals surface area contributed by atoms with Crippen LogP contribution in [0.15, 0.2) is 24.5 Å². The summed E-state index contributed by atoms with van der Waals surface area (Å²) >= 11 is 0. The molecular weight excluding hydrogens is 208 g/mol. The molecule has 0 saturated heterocycles. The number of carboxylic acid groups (broad SMARTS) is 1. The lowest BCUT2D eigenvalue weighted by Gasteiger charge is -2.18. The van der Waals surface area contributed by atoms with E-state index in [9.17, 15) is 9.59 Å². The van der Waals surface area contributed by atoms with Crippen LogP contribution in [0.5, 0.6) is 0 Å². The molecule has 5 nitrogen and oxygen atoms in total. The van der Waals surface area contributed by atoms with E-state index in [1.807, 2.05) is 0 Å². The molecule has 1 aromatic rings. The number of anilines is 1. The maximum absolute atomic E-state index is 11.7. The monoisotopic (exact) mass is 222 g/mol. The average Bonchev–Trinajstić information content (AvgIpc) is 2.28. The van der Waals surface area contributed by atoms with E-state index >= 15 is 0 Å². The average molecular weight is 222 g/mol. The molecular formula is C11H14N2O3. The summed E-state index contributed by atoms with van der Waals surface area (Å²) < 4.78 is 0. The van der Waals surface area contributed by atoms with Crippen LogP contribution in [0, 0.1) is 5.92 Å². The zero-order valence-corrected chi connectivity index (χ0v) is 9.25. The molecule has 1 rings (SSSR count). The summed E-state index contributed by atoms with van der Waals surface area (Å²) in [6, 6.07) is 3.40. The minimum atomic E-state index is -0.962. The minimum Gasteiger partial charge on any atom is -0.481 e. The fourth-order valence-electron chi connectivity index (χ4n) is 1.20. The third kappa shape index (κ3) is 3.05. The SMILES string of the molecule is CC(CC(=O)N(C)c1ccncc1)C(=O)O. The Morgan fingerprint density at radius 2 is 2.00 bits per heavy atom. The molecule has 0 aliphatic heterocycles. The second-order valence-electron chi connectivity index (χ2n) is 3.60. The van der Waals surface area contributed by atoms with E-state index in [-0.39, 0.29) is 12.3 Å². The highest BCUT2D eigenvalue weighted by atomic mass is 16.4. The van der Waals surface area contributed by atoms with Gasteiger partial charge in [-0.2, -0.15) is 0 Å². The minimum absolute atomic E-state index is 0.00580. The van der Waals surface area contributed by atoms with E-state index in [1.54, 1.807) is 31.6 Å². The van der Waals surface area contributed by atoms with E-state index in [2.05, 4.69) is 4.98 Å². The van der Waals surface area contributed by atoms with Crippen molar-refractivity contribution in [3.8, 4) is 0 Å². The fourth-order valence-corrected chi connectivity index (χ4v) is 1.20. The molecule has 0 spiro atoms. The standard InChI is InChI=1S/C11H14N2O3/c1-8(11(15)16)7-10(14)13(2)9-3-5-12-6-4-9/h3-6,8H,7H2,1-2H3,(H,15,16). The molecule has 1 amide bonds. The Hall–Kier alpha value is -1.91. The number of aliphatic carboxylic acids is 1. The van der Waals surface area contributed by atoms with Crippen molar-refractivity contribution in [2.75, 3.05) is 11.9 Å². The van der Waals surface area contributed by atoms with Gasteiger partial charge in [-0.1, -0.05) is 6.92 Å². The van der Waals surface area contributed by atoms with Crippen LogP contribution >= 0.6 is 0 Å². The predicted octanol–water partition coefficient (Wildman–Crippen LogP) is 1.16. The molecule has 0 radical (unpaired) electrons. The normalized spacial score (nSPS) is 11.9. The van der Waals surface area contributed by atoms with Gasteiger partial charge in [0.1, 0.15) is 0 Å². The summed E-state index contributed by atoms with van der Waals surface area (Å²) in [6.07, 6.45) is 3.16. The molecule has 1 N–H and O–H groups in total. The third-order valence-electron chi connectivity index (χ3n) is 2.33. The van der Waals surface area contributed by atoms with Gasteiger partial charge in [-0.15, -0.1) is 0 Å². The first-order valence-corrected chi connectivity index (χ1v) is 4.91. The number of carboxylic acids is 1. The predicted molar refractivity (Wildman–Crippen MR) is 59.1 cm³/mol. The Morgan fingerprint density at radius 1 is 1.44 bits per heavy atom. The second kappa shape index (κ2) is 5.25. The smallest absolute Gasteiger partial charge is 0.306 e. The molecule has 16 heavy (non-hydrogen) atoms. The van der Waals surface area contributed by atoms with Crippen LogP contribution in [0.3, 0.4) is 0 Å². The molecule has 86 valence electrons. The highest BCUT2D eigenvalue weighted by Gasteiger charge is 2.19. The lowest BCUT2D eigenvalue weighted by atomic mass is 10.1. The molecule has 1 heterocycles.